The number of hydrogen-bond acceptors (Lipinski definition) is 6. The standard InChI is InChI=1S/C19H17FN2O4S/c1-24-15-8-11(9-16(25-2)17(15)26-3)18(23)22-19-21-14(10-27-19)12-6-4-5-7-13(12)20/h4-10H,1-3H3,(H,21,22,23). The molecule has 0 saturated heterocycles. The molecule has 1 amide bonds. The molecule has 0 fully saturated rings. The molecule has 1 aromatic heterocycles. The molecular formula is C19H17FN2O4S. The summed E-state index contributed by atoms with van der Waals surface area (Å²) in [6, 6.07) is 9.42. The first-order chi connectivity index (χ1) is 13.1. The number of methoxy groups -OCH3 is 3. The summed E-state index contributed by atoms with van der Waals surface area (Å²) in [5.41, 5.74) is 1.15. The zero-order valence-electron chi connectivity index (χ0n) is 14.9. The van der Waals surface area contributed by atoms with Crippen LogP contribution in [0.1, 0.15) is 10.4 Å². The quantitative estimate of drug-likeness (QED) is 0.684. The highest BCUT2D eigenvalue weighted by molar-refractivity contribution is 7.14. The Labute approximate surface area is 159 Å². The van der Waals surface area contributed by atoms with Gasteiger partial charge in [-0.2, -0.15) is 0 Å². The van der Waals surface area contributed by atoms with Gasteiger partial charge in [-0.15, -0.1) is 11.3 Å². The van der Waals surface area contributed by atoms with Crippen molar-refractivity contribution in [1.82, 2.24) is 4.98 Å². The topological polar surface area (TPSA) is 69.7 Å². The lowest BCUT2D eigenvalue weighted by molar-refractivity contribution is 0.102. The Balaban J connectivity index is 1.85. The molecule has 3 rings (SSSR count). The van der Waals surface area contributed by atoms with E-state index in [1.807, 2.05) is 0 Å². The Kier molecular flexibility index (Phi) is 5.56. The molecule has 0 aliphatic heterocycles. The van der Waals surface area contributed by atoms with Crippen LogP contribution >= 0.6 is 11.3 Å². The highest BCUT2D eigenvalue weighted by Gasteiger charge is 2.18. The zero-order valence-corrected chi connectivity index (χ0v) is 15.7. The van der Waals surface area contributed by atoms with Crippen molar-refractivity contribution in [2.24, 2.45) is 0 Å². The predicted octanol–water partition coefficient (Wildman–Crippen LogP) is 4.23. The molecule has 8 heteroatoms. The Morgan fingerprint density at radius 3 is 2.33 bits per heavy atom. The van der Waals surface area contributed by atoms with Gasteiger partial charge in [0.1, 0.15) is 5.82 Å². The fraction of sp³-hybridized carbons (Fsp3) is 0.158. The zero-order chi connectivity index (χ0) is 19.4. The molecule has 0 radical (unpaired) electrons. The molecule has 0 unspecified atom stereocenters. The van der Waals surface area contributed by atoms with E-state index < -0.39 is 5.91 Å². The Morgan fingerprint density at radius 2 is 1.74 bits per heavy atom. The van der Waals surface area contributed by atoms with Crippen LogP contribution in [0.15, 0.2) is 41.8 Å². The van der Waals surface area contributed by atoms with Gasteiger partial charge in [0.25, 0.3) is 5.91 Å². The van der Waals surface area contributed by atoms with E-state index in [0.29, 0.717) is 39.2 Å². The van der Waals surface area contributed by atoms with Crippen molar-refractivity contribution in [3.05, 3.63) is 53.2 Å². The molecule has 1 heterocycles. The molecule has 6 nitrogen and oxygen atoms in total. The molecule has 3 aromatic rings. The number of benzene rings is 2. The molecule has 0 aliphatic rings. The van der Waals surface area contributed by atoms with Crippen molar-refractivity contribution >= 4 is 22.4 Å². The molecule has 0 spiro atoms. The van der Waals surface area contributed by atoms with Gasteiger partial charge in [-0.1, -0.05) is 12.1 Å². The molecule has 0 atom stereocenters. The maximum Gasteiger partial charge on any atom is 0.257 e. The van der Waals surface area contributed by atoms with Crippen molar-refractivity contribution in [3.63, 3.8) is 0 Å². The highest BCUT2D eigenvalue weighted by atomic mass is 32.1. The van der Waals surface area contributed by atoms with Gasteiger partial charge < -0.3 is 14.2 Å². The Morgan fingerprint density at radius 1 is 1.07 bits per heavy atom. The molecule has 0 saturated carbocycles. The number of rotatable bonds is 6. The molecule has 0 aliphatic carbocycles. The van der Waals surface area contributed by atoms with E-state index in [0.717, 1.165) is 0 Å². The summed E-state index contributed by atoms with van der Waals surface area (Å²) in [6.45, 7) is 0. The van der Waals surface area contributed by atoms with Gasteiger partial charge in [-0.3, -0.25) is 10.1 Å². The lowest BCUT2D eigenvalue weighted by Crippen LogP contribution is -2.12. The van der Waals surface area contributed by atoms with Crippen molar-refractivity contribution in [2.45, 2.75) is 0 Å². The second-order valence-corrected chi connectivity index (χ2v) is 6.24. The molecule has 1 N–H and O–H groups in total. The van der Waals surface area contributed by atoms with E-state index in [1.54, 1.807) is 35.7 Å². The first-order valence-corrected chi connectivity index (χ1v) is 8.77. The summed E-state index contributed by atoms with van der Waals surface area (Å²) in [6.07, 6.45) is 0. The van der Waals surface area contributed by atoms with Crippen LogP contribution in [0.25, 0.3) is 11.3 Å². The van der Waals surface area contributed by atoms with Gasteiger partial charge in [0.05, 0.1) is 27.0 Å². The molecule has 0 bridgehead atoms. The van der Waals surface area contributed by atoms with Gasteiger partial charge in [0.15, 0.2) is 16.6 Å². The minimum Gasteiger partial charge on any atom is -0.493 e. The fourth-order valence-corrected chi connectivity index (χ4v) is 3.21. The van der Waals surface area contributed by atoms with E-state index in [9.17, 15) is 9.18 Å². The SMILES string of the molecule is COc1cc(C(=O)Nc2nc(-c3ccccc3F)cs2)cc(OC)c1OC. The number of amides is 1. The van der Waals surface area contributed by atoms with Crippen LogP contribution in [0, 0.1) is 5.82 Å². The third kappa shape index (κ3) is 3.85. The minimum absolute atomic E-state index is 0.312. The second-order valence-electron chi connectivity index (χ2n) is 5.39. The number of nitrogens with zero attached hydrogens (tertiary/aromatic N) is 1. The third-order valence-electron chi connectivity index (χ3n) is 3.80. The van der Waals surface area contributed by atoms with Gasteiger partial charge >= 0.3 is 0 Å². The maximum absolute atomic E-state index is 13.9. The summed E-state index contributed by atoms with van der Waals surface area (Å²) >= 11 is 1.21. The van der Waals surface area contributed by atoms with Crippen LogP contribution in [0.4, 0.5) is 9.52 Å². The van der Waals surface area contributed by atoms with Gasteiger partial charge in [0.2, 0.25) is 5.75 Å². The summed E-state index contributed by atoms with van der Waals surface area (Å²) < 4.78 is 29.6. The number of nitrogens with one attached hydrogen (secondary N) is 1. The third-order valence-corrected chi connectivity index (χ3v) is 4.56. The van der Waals surface area contributed by atoms with Crippen LogP contribution in [0.3, 0.4) is 0 Å². The number of halogens is 1. The van der Waals surface area contributed by atoms with Crippen LogP contribution in [-0.2, 0) is 0 Å². The van der Waals surface area contributed by atoms with Crippen molar-refractivity contribution < 1.29 is 23.4 Å². The van der Waals surface area contributed by atoms with Gasteiger partial charge in [0, 0.05) is 16.5 Å². The van der Waals surface area contributed by atoms with Crippen LogP contribution in [0.5, 0.6) is 17.2 Å². The van der Waals surface area contributed by atoms with E-state index in [2.05, 4.69) is 10.3 Å². The highest BCUT2D eigenvalue weighted by Crippen LogP contribution is 2.38. The summed E-state index contributed by atoms with van der Waals surface area (Å²) in [7, 11) is 4.43. The smallest absolute Gasteiger partial charge is 0.257 e. The largest absolute Gasteiger partial charge is 0.493 e. The average molecular weight is 388 g/mol. The van der Waals surface area contributed by atoms with Crippen LogP contribution in [-0.4, -0.2) is 32.2 Å². The minimum atomic E-state index is -0.399. The number of carbonyl (C=O) groups is 1. The van der Waals surface area contributed by atoms with Gasteiger partial charge in [-0.25, -0.2) is 9.37 Å². The fourth-order valence-electron chi connectivity index (χ4n) is 2.51. The van der Waals surface area contributed by atoms with Crippen LogP contribution < -0.4 is 19.5 Å². The molecule has 2 aromatic carbocycles. The first-order valence-electron chi connectivity index (χ1n) is 7.89. The molecular weight excluding hydrogens is 371 g/mol. The monoisotopic (exact) mass is 388 g/mol. The second kappa shape index (κ2) is 8.05. The summed E-state index contributed by atoms with van der Waals surface area (Å²) in [5, 5.41) is 4.74. The lowest BCUT2D eigenvalue weighted by atomic mass is 10.1. The maximum atomic E-state index is 13.9. The molecule has 27 heavy (non-hydrogen) atoms. The summed E-state index contributed by atoms with van der Waals surface area (Å²) in [5.74, 6) is 0.364. The first kappa shape index (κ1) is 18.7. The number of ether oxygens (including phenoxy) is 3. The number of hydrogen-bond donors (Lipinski definition) is 1. The molecule has 140 valence electrons. The average Bonchev–Trinajstić information content (AvgIpc) is 3.15. The number of thiazole rings is 1. The van der Waals surface area contributed by atoms with Gasteiger partial charge in [-0.05, 0) is 24.3 Å². The number of aromatic nitrogens is 1. The number of carbonyl (C=O) groups excluding carboxylic acids is 1. The van der Waals surface area contributed by atoms with Crippen molar-refractivity contribution in [3.8, 4) is 28.5 Å². The van der Waals surface area contributed by atoms with Crippen LogP contribution in [0.2, 0.25) is 0 Å². The van der Waals surface area contributed by atoms with E-state index in [1.165, 1.54) is 38.7 Å². The predicted molar refractivity (Wildman–Crippen MR) is 102 cm³/mol. The number of anilines is 1. The Hall–Kier alpha value is -3.13. The Bertz CT molecular complexity index is 949. The van der Waals surface area contributed by atoms with Crippen molar-refractivity contribution in [2.75, 3.05) is 26.6 Å². The summed E-state index contributed by atoms with van der Waals surface area (Å²) in [4.78, 5) is 16.9. The normalized spacial score (nSPS) is 10.4. The van der Waals surface area contributed by atoms with E-state index in [-0.39, 0.29) is 5.82 Å². The van der Waals surface area contributed by atoms with E-state index in [4.69, 9.17) is 14.2 Å². The lowest BCUT2D eigenvalue weighted by Gasteiger charge is -2.13. The van der Waals surface area contributed by atoms with E-state index >= 15 is 0 Å². The van der Waals surface area contributed by atoms with Crippen molar-refractivity contribution in [1.29, 1.82) is 0 Å².